The van der Waals surface area contributed by atoms with Crippen molar-refractivity contribution in [2.24, 2.45) is 4.99 Å². The smallest absolute Gasteiger partial charge is 0.191 e. The number of nitrogens with zero attached hydrogens (tertiary/aromatic N) is 1. The van der Waals surface area contributed by atoms with Crippen molar-refractivity contribution in [2.45, 2.75) is 38.2 Å². The molecule has 5 nitrogen and oxygen atoms in total. The molecular weight excluding hydrogens is 334 g/mol. The van der Waals surface area contributed by atoms with Crippen LogP contribution in [0.4, 0.5) is 0 Å². The molecule has 0 amide bonds. The number of ether oxygens (including phenoxy) is 1. The van der Waals surface area contributed by atoms with Crippen LogP contribution < -0.4 is 15.4 Å². The molecule has 140 valence electrons. The van der Waals surface area contributed by atoms with Crippen LogP contribution in [0.2, 0.25) is 0 Å². The average molecular weight is 366 g/mol. The van der Waals surface area contributed by atoms with Gasteiger partial charge in [0.25, 0.3) is 0 Å². The lowest BCUT2D eigenvalue weighted by molar-refractivity contribution is 0.0778. The number of hydrogen-bond acceptors (Lipinski definition) is 4. The molecule has 0 radical (unpaired) electrons. The van der Waals surface area contributed by atoms with Crippen molar-refractivity contribution >= 4 is 17.7 Å². The van der Waals surface area contributed by atoms with Gasteiger partial charge in [-0.15, -0.1) is 0 Å². The molecule has 2 atom stereocenters. The van der Waals surface area contributed by atoms with Crippen molar-refractivity contribution in [3.63, 3.8) is 0 Å². The van der Waals surface area contributed by atoms with Crippen molar-refractivity contribution in [2.75, 3.05) is 38.2 Å². The second-order valence-electron chi connectivity index (χ2n) is 6.61. The van der Waals surface area contributed by atoms with Crippen LogP contribution in [0.5, 0.6) is 5.75 Å². The number of methoxy groups -OCH3 is 1. The van der Waals surface area contributed by atoms with Crippen LogP contribution in [-0.4, -0.2) is 54.9 Å². The van der Waals surface area contributed by atoms with Crippen LogP contribution in [0, 0.1) is 0 Å². The highest BCUT2D eigenvalue weighted by Gasteiger charge is 2.31. The molecule has 1 heterocycles. The molecule has 1 aromatic rings. The maximum absolute atomic E-state index is 10.4. The molecule has 2 unspecified atom stereocenters. The van der Waals surface area contributed by atoms with Crippen LogP contribution in [0.3, 0.4) is 0 Å². The molecule has 0 aromatic heterocycles. The molecule has 1 aliphatic heterocycles. The zero-order valence-electron chi connectivity index (χ0n) is 15.5. The molecule has 2 rings (SSSR count). The van der Waals surface area contributed by atoms with Gasteiger partial charge in [0.1, 0.15) is 5.75 Å². The van der Waals surface area contributed by atoms with Crippen LogP contribution in [-0.2, 0) is 0 Å². The predicted octanol–water partition coefficient (Wildman–Crippen LogP) is 2.61. The zero-order chi connectivity index (χ0) is 18.1. The van der Waals surface area contributed by atoms with Gasteiger partial charge < -0.3 is 20.5 Å². The fourth-order valence-corrected chi connectivity index (χ4v) is 4.08. The van der Waals surface area contributed by atoms with E-state index in [0.717, 1.165) is 49.1 Å². The molecule has 25 heavy (non-hydrogen) atoms. The minimum absolute atomic E-state index is 0.455. The third-order valence-corrected chi connectivity index (χ3v) is 5.75. The minimum atomic E-state index is -0.636. The zero-order valence-corrected chi connectivity index (χ0v) is 16.4. The normalized spacial score (nSPS) is 21.8. The van der Waals surface area contributed by atoms with E-state index in [1.165, 1.54) is 5.56 Å². The van der Waals surface area contributed by atoms with Crippen LogP contribution in [0.25, 0.3) is 0 Å². The van der Waals surface area contributed by atoms with E-state index in [4.69, 9.17) is 4.74 Å². The first-order chi connectivity index (χ1) is 12.1. The quantitative estimate of drug-likeness (QED) is 0.488. The Morgan fingerprint density at radius 2 is 2.12 bits per heavy atom. The Hall–Kier alpha value is -1.40. The Balaban J connectivity index is 1.81. The molecule has 0 saturated carbocycles. The predicted molar refractivity (Wildman–Crippen MR) is 107 cm³/mol. The highest BCUT2D eigenvalue weighted by atomic mass is 32.2. The summed E-state index contributed by atoms with van der Waals surface area (Å²) >= 11 is 1.80. The van der Waals surface area contributed by atoms with Gasteiger partial charge in [0.15, 0.2) is 5.96 Å². The van der Waals surface area contributed by atoms with Crippen LogP contribution in [0.1, 0.15) is 38.2 Å². The molecule has 1 saturated heterocycles. The molecule has 1 aromatic carbocycles. The summed E-state index contributed by atoms with van der Waals surface area (Å²) in [4.78, 5) is 4.57. The van der Waals surface area contributed by atoms with Gasteiger partial charge in [-0.25, -0.2) is 0 Å². The third-order valence-electron chi connectivity index (χ3n) is 4.51. The van der Waals surface area contributed by atoms with Crippen molar-refractivity contribution in [1.29, 1.82) is 0 Å². The standard InChI is InChI=1S/C19H31N3O2S/c1-4-20-18(22-13-19(23)10-12-25-14-19)21-11-9-15(2)16-5-7-17(24-3)8-6-16/h5-8,15,23H,4,9-14H2,1-3H3,(H2,20,21,22). The molecule has 6 heteroatoms. The lowest BCUT2D eigenvalue weighted by atomic mass is 9.98. The van der Waals surface area contributed by atoms with E-state index < -0.39 is 5.60 Å². The van der Waals surface area contributed by atoms with Gasteiger partial charge in [-0.2, -0.15) is 11.8 Å². The molecule has 1 aliphatic rings. The summed E-state index contributed by atoms with van der Waals surface area (Å²) in [6, 6.07) is 8.25. The van der Waals surface area contributed by atoms with Gasteiger partial charge in [0.05, 0.1) is 19.3 Å². The van der Waals surface area contributed by atoms with E-state index in [2.05, 4.69) is 41.6 Å². The maximum atomic E-state index is 10.4. The number of benzene rings is 1. The SMILES string of the molecule is CCNC(=NCC1(O)CCSC1)NCCC(C)c1ccc(OC)cc1. The van der Waals surface area contributed by atoms with Gasteiger partial charge in [0, 0.05) is 18.8 Å². The van der Waals surface area contributed by atoms with Crippen LogP contribution >= 0.6 is 11.8 Å². The summed E-state index contributed by atoms with van der Waals surface area (Å²) in [7, 11) is 1.69. The Morgan fingerprint density at radius 3 is 2.72 bits per heavy atom. The molecular formula is C19H31N3O2S. The Morgan fingerprint density at radius 1 is 1.36 bits per heavy atom. The van der Waals surface area contributed by atoms with Gasteiger partial charge in [-0.3, -0.25) is 4.99 Å². The second-order valence-corrected chi connectivity index (χ2v) is 7.72. The number of aliphatic imine (C=N–C) groups is 1. The first-order valence-corrected chi connectivity index (χ1v) is 10.2. The molecule has 3 N–H and O–H groups in total. The van der Waals surface area contributed by atoms with Crippen molar-refractivity contribution < 1.29 is 9.84 Å². The Bertz CT molecular complexity index is 542. The van der Waals surface area contributed by atoms with E-state index in [-0.39, 0.29) is 0 Å². The van der Waals surface area contributed by atoms with E-state index in [1.54, 1.807) is 18.9 Å². The first-order valence-electron chi connectivity index (χ1n) is 9.02. The van der Waals surface area contributed by atoms with Gasteiger partial charge in [-0.05, 0) is 49.1 Å². The average Bonchev–Trinajstić information content (AvgIpc) is 3.06. The third kappa shape index (κ3) is 6.44. The van der Waals surface area contributed by atoms with Gasteiger partial charge in [-0.1, -0.05) is 19.1 Å². The summed E-state index contributed by atoms with van der Waals surface area (Å²) in [6.07, 6.45) is 1.84. The number of nitrogens with one attached hydrogen (secondary N) is 2. The molecule has 0 bridgehead atoms. The number of thioether (sulfide) groups is 1. The van der Waals surface area contributed by atoms with Crippen molar-refractivity contribution in [3.8, 4) is 5.75 Å². The largest absolute Gasteiger partial charge is 0.497 e. The van der Waals surface area contributed by atoms with E-state index >= 15 is 0 Å². The number of aliphatic hydroxyl groups is 1. The molecule has 0 spiro atoms. The van der Waals surface area contributed by atoms with Crippen LogP contribution in [0.15, 0.2) is 29.3 Å². The molecule has 1 fully saturated rings. The lowest BCUT2D eigenvalue weighted by Gasteiger charge is -2.20. The fourth-order valence-electron chi connectivity index (χ4n) is 2.80. The number of hydrogen-bond donors (Lipinski definition) is 3. The Kier molecular flexibility index (Phi) is 7.90. The first kappa shape index (κ1) is 19.9. The summed E-state index contributed by atoms with van der Waals surface area (Å²) in [5.74, 6) is 3.94. The summed E-state index contributed by atoms with van der Waals surface area (Å²) in [5.41, 5.74) is 0.672. The monoisotopic (exact) mass is 365 g/mol. The van der Waals surface area contributed by atoms with E-state index in [1.807, 2.05) is 12.1 Å². The van der Waals surface area contributed by atoms with E-state index in [9.17, 15) is 5.11 Å². The fraction of sp³-hybridized carbons (Fsp3) is 0.632. The number of rotatable bonds is 8. The highest BCUT2D eigenvalue weighted by molar-refractivity contribution is 7.99. The Labute approximate surface area is 155 Å². The van der Waals surface area contributed by atoms with Crippen molar-refractivity contribution in [3.05, 3.63) is 29.8 Å². The maximum Gasteiger partial charge on any atom is 0.191 e. The number of guanidine groups is 1. The topological polar surface area (TPSA) is 65.9 Å². The second kappa shape index (κ2) is 9.92. The summed E-state index contributed by atoms with van der Waals surface area (Å²) in [6.45, 7) is 6.39. The minimum Gasteiger partial charge on any atom is -0.497 e. The summed E-state index contributed by atoms with van der Waals surface area (Å²) < 4.78 is 5.21. The van der Waals surface area contributed by atoms with E-state index in [0.29, 0.717) is 12.5 Å². The van der Waals surface area contributed by atoms with Gasteiger partial charge >= 0.3 is 0 Å². The highest BCUT2D eigenvalue weighted by Crippen LogP contribution is 2.27. The lowest BCUT2D eigenvalue weighted by Crippen LogP contribution is -2.40. The van der Waals surface area contributed by atoms with Crippen molar-refractivity contribution in [1.82, 2.24) is 10.6 Å². The molecule has 0 aliphatic carbocycles. The summed E-state index contributed by atoms with van der Waals surface area (Å²) in [5, 5.41) is 17.1. The van der Waals surface area contributed by atoms with Gasteiger partial charge in [0.2, 0.25) is 0 Å².